The predicted octanol–water partition coefficient (Wildman–Crippen LogP) is 1.06. The van der Waals surface area contributed by atoms with E-state index in [1.54, 1.807) is 0 Å². The van der Waals surface area contributed by atoms with Gasteiger partial charge in [0, 0.05) is 6.04 Å². The van der Waals surface area contributed by atoms with Crippen LogP contribution in [0.4, 0.5) is 0 Å². The number of aliphatic hydroxyl groups excluding tert-OH is 1. The van der Waals surface area contributed by atoms with Crippen LogP contribution in [0.3, 0.4) is 0 Å². The maximum atomic E-state index is 9.23. The Hall–Kier alpha value is 0.210. The summed E-state index contributed by atoms with van der Waals surface area (Å²) in [6.07, 6.45) is 5.26. The molecule has 2 atom stereocenters. The van der Waals surface area contributed by atoms with Gasteiger partial charge in [-0.3, -0.25) is 0 Å². The molecule has 2 nitrogen and oxygen atoms in total. The van der Waals surface area contributed by atoms with Crippen molar-refractivity contribution in [2.75, 3.05) is 0 Å². The second-order valence-electron chi connectivity index (χ2n) is 2.87. The normalized spacial score (nSPS) is 34.2. The summed E-state index contributed by atoms with van der Waals surface area (Å²) in [7, 11) is 0. The Morgan fingerprint density at radius 3 is 2.40 bits per heavy atom. The lowest BCUT2D eigenvalue weighted by molar-refractivity contribution is 0.137. The third-order valence-corrected chi connectivity index (χ3v) is 2.03. The molecule has 0 aliphatic heterocycles. The fourth-order valence-electron chi connectivity index (χ4n) is 1.32. The van der Waals surface area contributed by atoms with Gasteiger partial charge in [0.05, 0.1) is 6.10 Å². The van der Waals surface area contributed by atoms with E-state index in [0.29, 0.717) is 0 Å². The molecular formula is C7H16ClNO. The van der Waals surface area contributed by atoms with Crippen molar-refractivity contribution >= 4 is 12.4 Å². The molecule has 3 N–H and O–H groups in total. The monoisotopic (exact) mass is 165 g/mol. The van der Waals surface area contributed by atoms with E-state index in [-0.39, 0.29) is 24.6 Å². The fraction of sp³-hybridized carbons (Fsp3) is 1.00. The van der Waals surface area contributed by atoms with E-state index in [1.807, 2.05) is 0 Å². The van der Waals surface area contributed by atoms with Gasteiger partial charge in [-0.15, -0.1) is 12.4 Å². The Kier molecular flexibility index (Phi) is 5.04. The summed E-state index contributed by atoms with van der Waals surface area (Å²) in [5, 5.41) is 9.23. The highest BCUT2D eigenvalue weighted by Gasteiger charge is 2.16. The van der Waals surface area contributed by atoms with Crippen molar-refractivity contribution in [3.63, 3.8) is 0 Å². The van der Waals surface area contributed by atoms with Crippen molar-refractivity contribution in [3.05, 3.63) is 0 Å². The lowest BCUT2D eigenvalue weighted by atomic mass is 10.1. The van der Waals surface area contributed by atoms with E-state index in [1.165, 1.54) is 12.8 Å². The average molecular weight is 166 g/mol. The zero-order valence-electron chi connectivity index (χ0n) is 6.12. The topological polar surface area (TPSA) is 46.2 Å². The van der Waals surface area contributed by atoms with Crippen LogP contribution in [0.5, 0.6) is 0 Å². The van der Waals surface area contributed by atoms with Gasteiger partial charge in [-0.2, -0.15) is 0 Å². The van der Waals surface area contributed by atoms with Gasteiger partial charge in [-0.25, -0.2) is 0 Å². The molecule has 1 rings (SSSR count). The van der Waals surface area contributed by atoms with Gasteiger partial charge in [0.25, 0.3) is 0 Å². The first-order chi connectivity index (χ1) is 4.30. The Balaban J connectivity index is 0.000000810. The molecule has 62 valence electrons. The second kappa shape index (κ2) is 4.94. The number of rotatable bonds is 0. The average Bonchev–Trinajstić information content (AvgIpc) is 1.99. The second-order valence-corrected chi connectivity index (χ2v) is 2.87. The summed E-state index contributed by atoms with van der Waals surface area (Å²) in [5.41, 5.74) is 5.63. The Morgan fingerprint density at radius 2 is 1.70 bits per heavy atom. The standard InChI is InChI=1S/C7H15NO.ClH/c8-6-4-2-1-3-5-7(6)9;/h6-7,9H,1-5,8H2;1H/t6-,7-;/m1./s1. The fourth-order valence-corrected chi connectivity index (χ4v) is 1.32. The molecule has 0 aromatic carbocycles. The molecule has 0 saturated heterocycles. The molecule has 0 bridgehead atoms. The number of halogens is 1. The number of hydrogen-bond donors (Lipinski definition) is 2. The van der Waals surface area contributed by atoms with Crippen molar-refractivity contribution < 1.29 is 5.11 Å². The summed E-state index contributed by atoms with van der Waals surface area (Å²) in [6, 6.07) is 0.0486. The van der Waals surface area contributed by atoms with Crippen molar-refractivity contribution in [1.82, 2.24) is 0 Å². The van der Waals surface area contributed by atoms with E-state index in [0.717, 1.165) is 19.3 Å². The molecule has 1 aliphatic carbocycles. The van der Waals surface area contributed by atoms with Gasteiger partial charge in [-0.1, -0.05) is 19.3 Å². The highest BCUT2D eigenvalue weighted by atomic mass is 35.5. The maximum Gasteiger partial charge on any atom is 0.0691 e. The molecule has 0 radical (unpaired) electrons. The smallest absolute Gasteiger partial charge is 0.0691 e. The minimum absolute atomic E-state index is 0. The summed E-state index contributed by atoms with van der Waals surface area (Å²) in [6.45, 7) is 0. The van der Waals surface area contributed by atoms with Crippen LogP contribution in [-0.4, -0.2) is 17.3 Å². The first-order valence-corrected chi connectivity index (χ1v) is 3.74. The van der Waals surface area contributed by atoms with Crippen molar-refractivity contribution in [2.24, 2.45) is 5.73 Å². The molecule has 0 unspecified atom stereocenters. The van der Waals surface area contributed by atoms with Crippen LogP contribution in [0.1, 0.15) is 32.1 Å². The Labute approximate surface area is 68.2 Å². The van der Waals surface area contributed by atoms with Crippen LogP contribution in [-0.2, 0) is 0 Å². The molecule has 1 saturated carbocycles. The number of hydrogen-bond acceptors (Lipinski definition) is 2. The van der Waals surface area contributed by atoms with Crippen molar-refractivity contribution in [2.45, 2.75) is 44.2 Å². The van der Waals surface area contributed by atoms with E-state index in [4.69, 9.17) is 5.73 Å². The number of aliphatic hydroxyl groups is 1. The third kappa shape index (κ3) is 2.86. The Bertz CT molecular complexity index is 79.7. The zero-order chi connectivity index (χ0) is 6.69. The summed E-state index contributed by atoms with van der Waals surface area (Å²) in [4.78, 5) is 0. The quantitative estimate of drug-likeness (QED) is 0.528. The SMILES string of the molecule is Cl.N[C@@H]1CCCCC[C@H]1O. The molecule has 0 amide bonds. The van der Waals surface area contributed by atoms with Gasteiger partial charge in [0.2, 0.25) is 0 Å². The summed E-state index contributed by atoms with van der Waals surface area (Å²) >= 11 is 0. The van der Waals surface area contributed by atoms with Gasteiger partial charge >= 0.3 is 0 Å². The van der Waals surface area contributed by atoms with E-state index < -0.39 is 0 Å². The van der Waals surface area contributed by atoms with Crippen LogP contribution in [0.25, 0.3) is 0 Å². The highest BCUT2D eigenvalue weighted by molar-refractivity contribution is 5.85. The van der Waals surface area contributed by atoms with Crippen LogP contribution in [0.2, 0.25) is 0 Å². The van der Waals surface area contributed by atoms with Gasteiger partial charge in [-0.05, 0) is 12.8 Å². The molecule has 3 heteroatoms. The largest absolute Gasteiger partial charge is 0.392 e. The molecule has 0 aromatic heterocycles. The lowest BCUT2D eigenvalue weighted by Gasteiger charge is -2.13. The van der Waals surface area contributed by atoms with Gasteiger partial charge < -0.3 is 10.8 Å². The van der Waals surface area contributed by atoms with Crippen molar-refractivity contribution in [1.29, 1.82) is 0 Å². The first kappa shape index (κ1) is 10.2. The maximum absolute atomic E-state index is 9.23. The van der Waals surface area contributed by atoms with Crippen LogP contribution < -0.4 is 5.73 Å². The molecule has 0 aromatic rings. The van der Waals surface area contributed by atoms with Crippen molar-refractivity contribution in [3.8, 4) is 0 Å². The van der Waals surface area contributed by atoms with E-state index in [9.17, 15) is 5.11 Å². The molecule has 10 heavy (non-hydrogen) atoms. The van der Waals surface area contributed by atoms with E-state index in [2.05, 4.69) is 0 Å². The molecule has 1 fully saturated rings. The molecule has 1 aliphatic rings. The molecular weight excluding hydrogens is 150 g/mol. The molecule has 0 heterocycles. The van der Waals surface area contributed by atoms with Crippen LogP contribution >= 0.6 is 12.4 Å². The zero-order valence-corrected chi connectivity index (χ0v) is 6.94. The predicted molar refractivity (Wildman–Crippen MR) is 44.3 cm³/mol. The molecule has 0 spiro atoms. The van der Waals surface area contributed by atoms with Crippen LogP contribution in [0, 0.1) is 0 Å². The minimum atomic E-state index is -0.229. The lowest BCUT2D eigenvalue weighted by Crippen LogP contribution is -2.33. The number of nitrogens with two attached hydrogens (primary N) is 1. The van der Waals surface area contributed by atoms with Gasteiger partial charge in [0.1, 0.15) is 0 Å². The van der Waals surface area contributed by atoms with E-state index >= 15 is 0 Å². The van der Waals surface area contributed by atoms with Gasteiger partial charge in [0.15, 0.2) is 0 Å². The van der Waals surface area contributed by atoms with Crippen LogP contribution in [0.15, 0.2) is 0 Å². The third-order valence-electron chi connectivity index (χ3n) is 2.03. The summed E-state index contributed by atoms with van der Waals surface area (Å²) < 4.78 is 0. The Morgan fingerprint density at radius 1 is 1.10 bits per heavy atom. The highest BCUT2D eigenvalue weighted by Crippen LogP contribution is 2.15. The summed E-state index contributed by atoms with van der Waals surface area (Å²) in [5.74, 6) is 0. The first-order valence-electron chi connectivity index (χ1n) is 3.74. The minimum Gasteiger partial charge on any atom is -0.392 e.